The number of nitrogens with zero attached hydrogens (tertiary/aromatic N) is 2. The molecule has 3 aromatic rings. The quantitative estimate of drug-likeness (QED) is 0.719. The molecule has 0 spiro atoms. The number of para-hydroxylation sites is 2. The summed E-state index contributed by atoms with van der Waals surface area (Å²) in [5.41, 5.74) is 5.84. The number of aliphatic imine (C=N–C) groups is 1. The van der Waals surface area contributed by atoms with Crippen molar-refractivity contribution in [2.45, 2.75) is 13.1 Å². The molecular formula is C18H17N3. The molecule has 0 aliphatic carbocycles. The molecule has 2 heterocycles. The van der Waals surface area contributed by atoms with Gasteiger partial charge in [-0.3, -0.25) is 4.99 Å². The van der Waals surface area contributed by atoms with Crippen LogP contribution in [0.3, 0.4) is 0 Å². The number of aromatic nitrogens is 1. The third-order valence-electron chi connectivity index (χ3n) is 4.02. The van der Waals surface area contributed by atoms with Gasteiger partial charge in [-0.15, -0.1) is 0 Å². The second-order valence-corrected chi connectivity index (χ2v) is 5.51. The molecule has 21 heavy (non-hydrogen) atoms. The van der Waals surface area contributed by atoms with E-state index in [9.17, 15) is 0 Å². The van der Waals surface area contributed by atoms with Gasteiger partial charge < -0.3 is 9.88 Å². The van der Waals surface area contributed by atoms with Crippen LogP contribution in [0.2, 0.25) is 0 Å². The molecule has 1 atom stereocenters. The summed E-state index contributed by atoms with van der Waals surface area (Å²) >= 11 is 0. The van der Waals surface area contributed by atoms with Gasteiger partial charge in [0.05, 0.1) is 5.71 Å². The normalized spacial score (nSPS) is 17.2. The van der Waals surface area contributed by atoms with Gasteiger partial charge in [0, 0.05) is 41.0 Å². The van der Waals surface area contributed by atoms with Gasteiger partial charge in [-0.1, -0.05) is 36.4 Å². The van der Waals surface area contributed by atoms with Crippen molar-refractivity contribution in [3.05, 3.63) is 65.9 Å². The molecule has 3 heteroatoms. The third-order valence-corrected chi connectivity index (χ3v) is 4.02. The zero-order chi connectivity index (χ0) is 14.4. The fourth-order valence-electron chi connectivity index (χ4n) is 3.08. The molecule has 1 aliphatic rings. The van der Waals surface area contributed by atoms with E-state index < -0.39 is 0 Å². The first-order chi connectivity index (χ1) is 10.2. The predicted molar refractivity (Wildman–Crippen MR) is 88.1 cm³/mol. The molecule has 0 bridgehead atoms. The number of rotatable bonds is 1. The lowest BCUT2D eigenvalue weighted by Crippen LogP contribution is -2.23. The van der Waals surface area contributed by atoms with Gasteiger partial charge in [-0.2, -0.15) is 0 Å². The molecule has 0 amide bonds. The highest BCUT2D eigenvalue weighted by molar-refractivity contribution is 6.22. The molecule has 104 valence electrons. The minimum absolute atomic E-state index is 0.0915. The summed E-state index contributed by atoms with van der Waals surface area (Å²) in [6, 6.07) is 16.9. The monoisotopic (exact) mass is 275 g/mol. The van der Waals surface area contributed by atoms with Crippen LogP contribution in [0.4, 0.5) is 5.69 Å². The van der Waals surface area contributed by atoms with E-state index in [1.165, 1.54) is 22.0 Å². The Kier molecular flexibility index (Phi) is 2.61. The van der Waals surface area contributed by atoms with Crippen LogP contribution in [0.15, 0.2) is 59.7 Å². The number of nitrogens with one attached hydrogen (secondary N) is 1. The van der Waals surface area contributed by atoms with E-state index in [2.05, 4.69) is 78.6 Å². The number of benzene rings is 2. The number of hydrogen-bond donors (Lipinski definition) is 1. The van der Waals surface area contributed by atoms with Crippen LogP contribution >= 0.6 is 0 Å². The Morgan fingerprint density at radius 2 is 1.76 bits per heavy atom. The van der Waals surface area contributed by atoms with Crippen LogP contribution in [-0.2, 0) is 7.05 Å². The lowest BCUT2D eigenvalue weighted by Gasteiger charge is -2.23. The number of anilines is 1. The zero-order valence-electron chi connectivity index (χ0n) is 12.2. The molecule has 0 saturated carbocycles. The highest BCUT2D eigenvalue weighted by atomic mass is 15.1. The highest BCUT2D eigenvalue weighted by Gasteiger charge is 2.21. The van der Waals surface area contributed by atoms with E-state index in [1.807, 2.05) is 0 Å². The van der Waals surface area contributed by atoms with Gasteiger partial charge in [-0.25, -0.2) is 0 Å². The van der Waals surface area contributed by atoms with Crippen molar-refractivity contribution in [3.63, 3.8) is 0 Å². The van der Waals surface area contributed by atoms with E-state index in [-0.39, 0.29) is 6.17 Å². The molecule has 3 nitrogen and oxygen atoms in total. The molecule has 1 aromatic heterocycles. The maximum absolute atomic E-state index is 4.85. The Morgan fingerprint density at radius 3 is 2.67 bits per heavy atom. The fraction of sp³-hybridized carbons (Fsp3) is 0.167. The minimum atomic E-state index is 0.0915. The summed E-state index contributed by atoms with van der Waals surface area (Å²) in [6.07, 6.45) is 2.27. The first-order valence-electron chi connectivity index (χ1n) is 7.22. The van der Waals surface area contributed by atoms with Crippen molar-refractivity contribution in [3.8, 4) is 0 Å². The lowest BCUT2D eigenvalue weighted by atomic mass is 9.98. The Morgan fingerprint density at radius 1 is 1.00 bits per heavy atom. The average Bonchev–Trinajstić information content (AvgIpc) is 2.84. The van der Waals surface area contributed by atoms with Gasteiger partial charge in [-0.05, 0) is 19.1 Å². The molecule has 0 radical (unpaired) electrons. The number of aryl methyl sites for hydroxylation is 1. The van der Waals surface area contributed by atoms with E-state index in [0.29, 0.717) is 0 Å². The van der Waals surface area contributed by atoms with Crippen LogP contribution < -0.4 is 5.32 Å². The van der Waals surface area contributed by atoms with Crippen LogP contribution in [0.25, 0.3) is 10.9 Å². The van der Waals surface area contributed by atoms with Crippen molar-refractivity contribution in [2.75, 3.05) is 5.32 Å². The molecule has 1 unspecified atom stereocenters. The fourth-order valence-corrected chi connectivity index (χ4v) is 3.08. The van der Waals surface area contributed by atoms with Crippen LogP contribution in [0, 0.1) is 0 Å². The Hall–Kier alpha value is -2.55. The first kappa shape index (κ1) is 12.2. The Balaban J connectivity index is 2.00. The molecule has 2 aromatic carbocycles. The maximum atomic E-state index is 4.85. The standard InChI is InChI=1S/C18H17N3/c1-12-19-16-9-5-3-8-14(16)18(20-12)15-11-21(2)17-10-6-4-7-13(15)17/h3-12,19H,1-2H3. The van der Waals surface area contributed by atoms with Crippen molar-refractivity contribution < 1.29 is 0 Å². The second-order valence-electron chi connectivity index (χ2n) is 5.51. The predicted octanol–water partition coefficient (Wildman–Crippen LogP) is 3.79. The van der Waals surface area contributed by atoms with Crippen molar-refractivity contribution in [1.82, 2.24) is 4.57 Å². The molecule has 1 N–H and O–H groups in total. The molecule has 4 rings (SSSR count). The number of fused-ring (bicyclic) bond motifs is 2. The third kappa shape index (κ3) is 1.85. The zero-order valence-corrected chi connectivity index (χ0v) is 12.2. The Labute approximate surface area is 123 Å². The van der Waals surface area contributed by atoms with Gasteiger partial charge >= 0.3 is 0 Å². The van der Waals surface area contributed by atoms with Crippen molar-refractivity contribution >= 4 is 22.3 Å². The first-order valence-corrected chi connectivity index (χ1v) is 7.22. The summed E-state index contributed by atoms with van der Waals surface area (Å²) in [6.45, 7) is 2.08. The molecular weight excluding hydrogens is 258 g/mol. The highest BCUT2D eigenvalue weighted by Crippen LogP contribution is 2.29. The molecule has 0 saturated heterocycles. The van der Waals surface area contributed by atoms with E-state index >= 15 is 0 Å². The van der Waals surface area contributed by atoms with Crippen molar-refractivity contribution in [2.24, 2.45) is 12.0 Å². The van der Waals surface area contributed by atoms with Crippen LogP contribution in [0.5, 0.6) is 0 Å². The molecule has 1 aliphatic heterocycles. The van der Waals surface area contributed by atoms with Crippen LogP contribution in [0.1, 0.15) is 18.1 Å². The SMILES string of the molecule is CC1N=C(c2cn(C)c3ccccc23)c2ccccc2N1. The summed E-state index contributed by atoms with van der Waals surface area (Å²) < 4.78 is 2.17. The summed E-state index contributed by atoms with van der Waals surface area (Å²) in [5.74, 6) is 0. The lowest BCUT2D eigenvalue weighted by molar-refractivity contribution is 0.843. The van der Waals surface area contributed by atoms with Gasteiger partial charge in [0.15, 0.2) is 0 Å². The van der Waals surface area contributed by atoms with Gasteiger partial charge in [0.25, 0.3) is 0 Å². The minimum Gasteiger partial charge on any atom is -0.363 e. The second kappa shape index (κ2) is 4.48. The average molecular weight is 275 g/mol. The topological polar surface area (TPSA) is 29.3 Å². The van der Waals surface area contributed by atoms with Crippen LogP contribution in [-0.4, -0.2) is 16.4 Å². The van der Waals surface area contributed by atoms with E-state index in [0.717, 1.165) is 11.4 Å². The van der Waals surface area contributed by atoms with Gasteiger partial charge in [0.2, 0.25) is 0 Å². The smallest absolute Gasteiger partial charge is 0.116 e. The summed E-state index contributed by atoms with van der Waals surface area (Å²) in [4.78, 5) is 4.85. The van der Waals surface area contributed by atoms with Gasteiger partial charge in [0.1, 0.15) is 6.17 Å². The maximum Gasteiger partial charge on any atom is 0.116 e. The largest absolute Gasteiger partial charge is 0.363 e. The summed E-state index contributed by atoms with van der Waals surface area (Å²) in [7, 11) is 2.09. The van der Waals surface area contributed by atoms with Crippen molar-refractivity contribution in [1.29, 1.82) is 0 Å². The number of hydrogen-bond acceptors (Lipinski definition) is 2. The summed E-state index contributed by atoms with van der Waals surface area (Å²) in [5, 5.41) is 4.67. The van der Waals surface area contributed by atoms with E-state index in [1.54, 1.807) is 0 Å². The molecule has 0 fully saturated rings. The Bertz CT molecular complexity index is 858. The van der Waals surface area contributed by atoms with E-state index in [4.69, 9.17) is 4.99 Å².